The fourth-order valence-electron chi connectivity index (χ4n) is 3.79. The largest absolute Gasteiger partial charge is 0.384 e. The summed E-state index contributed by atoms with van der Waals surface area (Å²) in [6, 6.07) is 7.95. The van der Waals surface area contributed by atoms with Gasteiger partial charge in [-0.1, -0.05) is 31.4 Å². The maximum absolute atomic E-state index is 5.55. The van der Waals surface area contributed by atoms with E-state index in [1.165, 1.54) is 74.5 Å². The van der Waals surface area contributed by atoms with Gasteiger partial charge in [0.1, 0.15) is 11.6 Å². The molecule has 0 saturated heterocycles. The minimum atomic E-state index is 0.597. The van der Waals surface area contributed by atoms with Crippen LogP contribution in [0.25, 0.3) is 5.57 Å². The molecule has 0 radical (unpaired) electrons. The fourth-order valence-corrected chi connectivity index (χ4v) is 3.79. The molecule has 0 spiro atoms. The third-order valence-corrected chi connectivity index (χ3v) is 5.33. The third-order valence-electron chi connectivity index (χ3n) is 5.33. The molecule has 4 N–H and O–H groups in total. The summed E-state index contributed by atoms with van der Waals surface area (Å²) in [7, 11) is 0. The van der Waals surface area contributed by atoms with E-state index in [9.17, 15) is 0 Å². The topological polar surface area (TPSA) is 77.8 Å². The van der Waals surface area contributed by atoms with E-state index >= 15 is 0 Å². The Bertz CT molecular complexity index is 698. The molecule has 2 aliphatic rings. The second kappa shape index (κ2) is 9.37. The predicted octanol–water partition coefficient (Wildman–Crippen LogP) is 5.33. The van der Waals surface area contributed by atoms with Gasteiger partial charge >= 0.3 is 0 Å². The van der Waals surface area contributed by atoms with Crippen LogP contribution < -0.4 is 11.5 Å². The molecule has 26 heavy (non-hydrogen) atoms. The van der Waals surface area contributed by atoms with Crippen molar-refractivity contribution in [3.8, 4) is 0 Å². The molecule has 2 heterocycles. The van der Waals surface area contributed by atoms with Gasteiger partial charge in [0.25, 0.3) is 0 Å². The van der Waals surface area contributed by atoms with Crippen molar-refractivity contribution in [1.82, 2.24) is 9.97 Å². The highest BCUT2D eigenvalue weighted by molar-refractivity contribution is 5.66. The number of pyridine rings is 2. The van der Waals surface area contributed by atoms with E-state index in [-0.39, 0.29) is 0 Å². The van der Waals surface area contributed by atoms with E-state index in [1.54, 1.807) is 0 Å². The van der Waals surface area contributed by atoms with Crippen LogP contribution in [-0.4, -0.2) is 9.97 Å². The Balaban J connectivity index is 0.000000151. The summed E-state index contributed by atoms with van der Waals surface area (Å²) < 4.78 is 0. The molecule has 2 aromatic heterocycles. The highest BCUT2D eigenvalue weighted by Crippen LogP contribution is 2.32. The SMILES string of the molecule is Nc1ccc(C2=CCCCC2)cn1.Nc1ccc(C2CCCCC2)cn1. The van der Waals surface area contributed by atoms with Gasteiger partial charge in [0, 0.05) is 12.4 Å². The van der Waals surface area contributed by atoms with Crippen molar-refractivity contribution < 1.29 is 0 Å². The fraction of sp³-hybridized carbons (Fsp3) is 0.455. The van der Waals surface area contributed by atoms with Gasteiger partial charge in [-0.15, -0.1) is 0 Å². The first-order valence-corrected chi connectivity index (χ1v) is 9.85. The van der Waals surface area contributed by atoms with Crippen molar-refractivity contribution in [2.24, 2.45) is 0 Å². The first kappa shape index (κ1) is 18.4. The third kappa shape index (κ3) is 5.32. The summed E-state index contributed by atoms with van der Waals surface area (Å²) in [5.74, 6) is 1.96. The van der Waals surface area contributed by atoms with Crippen molar-refractivity contribution in [3.05, 3.63) is 53.9 Å². The van der Waals surface area contributed by atoms with Gasteiger partial charge in [0.05, 0.1) is 0 Å². The Labute approximate surface area is 156 Å². The molecule has 1 saturated carbocycles. The Hall–Kier alpha value is -2.36. The molecule has 4 nitrogen and oxygen atoms in total. The van der Waals surface area contributed by atoms with E-state index < -0.39 is 0 Å². The molecule has 138 valence electrons. The summed E-state index contributed by atoms with van der Waals surface area (Å²) in [6.07, 6.45) is 17.9. The zero-order chi connectivity index (χ0) is 18.2. The molecule has 0 atom stereocenters. The number of aromatic nitrogens is 2. The minimum absolute atomic E-state index is 0.597. The number of nitrogens with two attached hydrogens (primary N) is 2. The van der Waals surface area contributed by atoms with Crippen molar-refractivity contribution >= 4 is 17.2 Å². The van der Waals surface area contributed by atoms with E-state index in [2.05, 4.69) is 28.2 Å². The number of nitrogens with zero attached hydrogens (tertiary/aromatic N) is 2. The lowest BCUT2D eigenvalue weighted by molar-refractivity contribution is 0.443. The number of rotatable bonds is 2. The van der Waals surface area contributed by atoms with Crippen molar-refractivity contribution in [2.45, 2.75) is 63.7 Å². The van der Waals surface area contributed by atoms with Gasteiger partial charge in [-0.05, 0) is 79.3 Å². The monoisotopic (exact) mass is 350 g/mol. The average molecular weight is 351 g/mol. The first-order valence-electron chi connectivity index (χ1n) is 9.85. The van der Waals surface area contributed by atoms with Gasteiger partial charge < -0.3 is 11.5 Å². The van der Waals surface area contributed by atoms with E-state index in [0.29, 0.717) is 11.6 Å². The molecule has 4 heteroatoms. The van der Waals surface area contributed by atoms with Crippen LogP contribution in [0.2, 0.25) is 0 Å². The molecule has 0 aliphatic heterocycles. The standard InChI is InChI=1S/C11H16N2.C11H14N2/c2*12-11-7-6-10(8-13-11)9-4-2-1-3-5-9/h6-9H,1-5H2,(H2,12,13);4,6-8H,1-3,5H2,(H2,12,13). The van der Waals surface area contributed by atoms with Crippen LogP contribution in [0.5, 0.6) is 0 Å². The van der Waals surface area contributed by atoms with E-state index in [1.807, 2.05) is 24.5 Å². The quantitative estimate of drug-likeness (QED) is 0.767. The van der Waals surface area contributed by atoms with Crippen LogP contribution in [0.4, 0.5) is 11.6 Å². The Kier molecular flexibility index (Phi) is 6.64. The van der Waals surface area contributed by atoms with Gasteiger partial charge in [-0.25, -0.2) is 9.97 Å². The lowest BCUT2D eigenvalue weighted by Crippen LogP contribution is -2.05. The molecule has 2 aromatic rings. The second-order valence-corrected chi connectivity index (χ2v) is 7.30. The lowest BCUT2D eigenvalue weighted by Gasteiger charge is -2.21. The Morgan fingerprint density at radius 3 is 2.08 bits per heavy atom. The number of hydrogen-bond acceptors (Lipinski definition) is 4. The summed E-state index contributed by atoms with van der Waals surface area (Å²) in [4.78, 5) is 8.22. The number of nitrogen functional groups attached to an aromatic ring is 2. The molecule has 0 aromatic carbocycles. The van der Waals surface area contributed by atoms with E-state index in [4.69, 9.17) is 11.5 Å². The lowest BCUT2D eigenvalue weighted by atomic mass is 9.85. The number of anilines is 2. The van der Waals surface area contributed by atoms with Crippen LogP contribution >= 0.6 is 0 Å². The smallest absolute Gasteiger partial charge is 0.123 e. The van der Waals surface area contributed by atoms with Crippen LogP contribution in [0.3, 0.4) is 0 Å². The first-order chi connectivity index (χ1) is 12.7. The maximum atomic E-state index is 5.55. The molecule has 1 fully saturated rings. The van der Waals surface area contributed by atoms with Crippen molar-refractivity contribution in [3.63, 3.8) is 0 Å². The van der Waals surface area contributed by atoms with Crippen LogP contribution in [0.15, 0.2) is 42.7 Å². The molecular weight excluding hydrogens is 320 g/mol. The molecular formula is C22H30N4. The highest BCUT2D eigenvalue weighted by atomic mass is 14.8. The van der Waals surface area contributed by atoms with Gasteiger partial charge in [0.2, 0.25) is 0 Å². The summed E-state index contributed by atoms with van der Waals surface area (Å²) in [5, 5.41) is 0. The summed E-state index contributed by atoms with van der Waals surface area (Å²) in [6.45, 7) is 0. The molecule has 0 unspecified atom stereocenters. The normalized spacial score (nSPS) is 17.8. The van der Waals surface area contributed by atoms with Crippen LogP contribution in [0.1, 0.15) is 74.8 Å². The molecule has 0 bridgehead atoms. The molecule has 0 amide bonds. The zero-order valence-electron chi connectivity index (χ0n) is 15.5. The summed E-state index contributed by atoms with van der Waals surface area (Å²) >= 11 is 0. The van der Waals surface area contributed by atoms with Crippen molar-refractivity contribution in [1.29, 1.82) is 0 Å². The molecule has 2 aliphatic carbocycles. The summed E-state index contributed by atoms with van der Waals surface area (Å²) in [5.41, 5.74) is 15.1. The number of allylic oxidation sites excluding steroid dienone is 2. The van der Waals surface area contributed by atoms with E-state index in [0.717, 1.165) is 5.92 Å². The molecule has 4 rings (SSSR count). The van der Waals surface area contributed by atoms with Crippen molar-refractivity contribution in [2.75, 3.05) is 11.5 Å². The predicted molar refractivity (Wildman–Crippen MR) is 110 cm³/mol. The Morgan fingerprint density at radius 2 is 1.50 bits per heavy atom. The number of hydrogen-bond donors (Lipinski definition) is 2. The maximum Gasteiger partial charge on any atom is 0.123 e. The Morgan fingerprint density at radius 1 is 0.769 bits per heavy atom. The van der Waals surface area contributed by atoms with Gasteiger partial charge in [-0.2, -0.15) is 0 Å². The minimum Gasteiger partial charge on any atom is -0.384 e. The average Bonchev–Trinajstić information content (AvgIpc) is 2.71. The zero-order valence-corrected chi connectivity index (χ0v) is 15.5. The second-order valence-electron chi connectivity index (χ2n) is 7.30. The van der Waals surface area contributed by atoms with Crippen LogP contribution in [0, 0.1) is 0 Å². The highest BCUT2D eigenvalue weighted by Gasteiger charge is 2.15. The van der Waals surface area contributed by atoms with Gasteiger partial charge in [-0.3, -0.25) is 0 Å². The van der Waals surface area contributed by atoms with Crippen LogP contribution in [-0.2, 0) is 0 Å². The van der Waals surface area contributed by atoms with Gasteiger partial charge in [0.15, 0.2) is 0 Å².